The van der Waals surface area contributed by atoms with E-state index < -0.39 is 21.7 Å². The summed E-state index contributed by atoms with van der Waals surface area (Å²) >= 11 is 0. The number of rotatable bonds is 3. The predicted octanol–water partition coefficient (Wildman–Crippen LogP) is 3.38. The molecular weight excluding hydrogens is 284 g/mol. The zero-order valence-corrected chi connectivity index (χ0v) is 11.8. The normalized spacial score (nSPS) is 11.4. The van der Waals surface area contributed by atoms with Gasteiger partial charge in [0.2, 0.25) is 0 Å². The molecule has 0 bridgehead atoms. The Labute approximate surface area is 116 Å². The number of anilines is 1. The van der Waals surface area contributed by atoms with Crippen molar-refractivity contribution in [3.8, 4) is 0 Å². The second-order valence-corrected chi connectivity index (χ2v) is 6.13. The van der Waals surface area contributed by atoms with Crippen LogP contribution < -0.4 is 4.72 Å². The molecule has 0 aliphatic carbocycles. The van der Waals surface area contributed by atoms with Gasteiger partial charge in [0, 0.05) is 0 Å². The van der Waals surface area contributed by atoms with Crippen LogP contribution in [-0.2, 0) is 10.0 Å². The summed E-state index contributed by atoms with van der Waals surface area (Å²) in [5, 5.41) is 0. The van der Waals surface area contributed by atoms with E-state index in [1.54, 1.807) is 13.8 Å². The zero-order chi connectivity index (χ0) is 14.9. The molecule has 3 nitrogen and oxygen atoms in total. The highest BCUT2D eigenvalue weighted by atomic mass is 32.2. The lowest BCUT2D eigenvalue weighted by Gasteiger charge is -2.12. The fraction of sp³-hybridized carbons (Fsp3) is 0.143. The number of sulfonamides is 1. The number of halogens is 2. The van der Waals surface area contributed by atoms with Gasteiger partial charge in [-0.2, -0.15) is 0 Å². The van der Waals surface area contributed by atoms with E-state index in [0.29, 0.717) is 11.1 Å². The Morgan fingerprint density at radius 3 is 2.10 bits per heavy atom. The van der Waals surface area contributed by atoms with Crippen LogP contribution in [0.5, 0.6) is 0 Å². The maximum Gasteiger partial charge on any atom is 0.262 e. The Balaban J connectivity index is 2.46. The van der Waals surface area contributed by atoms with Crippen LogP contribution in [0.1, 0.15) is 11.1 Å². The van der Waals surface area contributed by atoms with E-state index in [-0.39, 0.29) is 10.6 Å². The van der Waals surface area contributed by atoms with Crippen molar-refractivity contribution in [3.05, 3.63) is 59.2 Å². The number of nitrogens with one attached hydrogen (secondary N) is 1. The highest BCUT2D eigenvalue weighted by Gasteiger charge is 2.18. The minimum atomic E-state index is -3.96. The van der Waals surface area contributed by atoms with Crippen LogP contribution in [0, 0.1) is 25.5 Å². The topological polar surface area (TPSA) is 46.2 Å². The Bertz CT molecular complexity index is 758. The van der Waals surface area contributed by atoms with Gasteiger partial charge in [0.1, 0.15) is 11.6 Å². The summed E-state index contributed by atoms with van der Waals surface area (Å²) in [6, 6.07) is 7.28. The zero-order valence-electron chi connectivity index (χ0n) is 10.9. The molecule has 0 aromatic heterocycles. The van der Waals surface area contributed by atoms with Crippen LogP contribution in [0.25, 0.3) is 0 Å². The average Bonchev–Trinajstić information content (AvgIpc) is 2.36. The SMILES string of the molecule is Cc1ccc(F)cc1NS(=O)(=O)c1cc(F)ccc1C. The Morgan fingerprint density at radius 1 is 0.900 bits per heavy atom. The van der Waals surface area contributed by atoms with Gasteiger partial charge < -0.3 is 0 Å². The van der Waals surface area contributed by atoms with E-state index in [1.807, 2.05) is 0 Å². The molecule has 106 valence electrons. The first-order valence-electron chi connectivity index (χ1n) is 5.85. The molecule has 2 aromatic carbocycles. The molecule has 0 fully saturated rings. The van der Waals surface area contributed by atoms with Gasteiger partial charge in [-0.3, -0.25) is 4.72 Å². The summed E-state index contributed by atoms with van der Waals surface area (Å²) < 4.78 is 53.1. The van der Waals surface area contributed by atoms with Gasteiger partial charge in [0.25, 0.3) is 10.0 Å². The molecule has 0 amide bonds. The molecule has 0 spiro atoms. The van der Waals surface area contributed by atoms with Crippen molar-refractivity contribution in [3.63, 3.8) is 0 Å². The molecule has 2 aromatic rings. The molecule has 0 aliphatic rings. The van der Waals surface area contributed by atoms with Crippen LogP contribution in [0.4, 0.5) is 14.5 Å². The van der Waals surface area contributed by atoms with Gasteiger partial charge in [-0.25, -0.2) is 17.2 Å². The lowest BCUT2D eigenvalue weighted by atomic mass is 10.2. The van der Waals surface area contributed by atoms with Crippen molar-refractivity contribution in [2.75, 3.05) is 4.72 Å². The van der Waals surface area contributed by atoms with E-state index in [0.717, 1.165) is 12.1 Å². The third kappa shape index (κ3) is 2.96. The molecular formula is C14H13F2NO2S. The van der Waals surface area contributed by atoms with Gasteiger partial charge >= 0.3 is 0 Å². The fourth-order valence-corrected chi connectivity index (χ4v) is 3.15. The monoisotopic (exact) mass is 297 g/mol. The van der Waals surface area contributed by atoms with Gasteiger partial charge in [-0.15, -0.1) is 0 Å². The van der Waals surface area contributed by atoms with E-state index in [1.165, 1.54) is 24.3 Å². The Kier molecular flexibility index (Phi) is 3.76. The standard InChI is InChI=1S/C14H13F2NO2S/c1-9-3-5-11(15)7-13(9)17-20(18,19)14-8-12(16)6-4-10(14)2/h3-8,17H,1-2H3. The van der Waals surface area contributed by atoms with Crippen molar-refractivity contribution in [2.45, 2.75) is 18.7 Å². The highest BCUT2D eigenvalue weighted by Crippen LogP contribution is 2.23. The maximum atomic E-state index is 13.2. The quantitative estimate of drug-likeness (QED) is 0.944. The molecule has 6 heteroatoms. The lowest BCUT2D eigenvalue weighted by molar-refractivity contribution is 0.594. The van der Waals surface area contributed by atoms with Gasteiger partial charge in [0.15, 0.2) is 0 Å². The van der Waals surface area contributed by atoms with Crippen LogP contribution in [0.2, 0.25) is 0 Å². The largest absolute Gasteiger partial charge is 0.279 e. The minimum absolute atomic E-state index is 0.133. The summed E-state index contributed by atoms with van der Waals surface area (Å²) in [6.07, 6.45) is 0. The Morgan fingerprint density at radius 2 is 1.45 bits per heavy atom. The number of hydrogen-bond acceptors (Lipinski definition) is 2. The minimum Gasteiger partial charge on any atom is -0.279 e. The van der Waals surface area contributed by atoms with Crippen molar-refractivity contribution in [2.24, 2.45) is 0 Å². The molecule has 20 heavy (non-hydrogen) atoms. The molecule has 0 saturated carbocycles. The van der Waals surface area contributed by atoms with Gasteiger partial charge in [-0.05, 0) is 49.2 Å². The molecule has 0 heterocycles. The first-order valence-corrected chi connectivity index (χ1v) is 7.33. The van der Waals surface area contributed by atoms with Gasteiger partial charge in [0.05, 0.1) is 10.6 Å². The van der Waals surface area contributed by atoms with E-state index in [9.17, 15) is 17.2 Å². The fourth-order valence-electron chi connectivity index (χ4n) is 1.77. The van der Waals surface area contributed by atoms with Crippen LogP contribution in [-0.4, -0.2) is 8.42 Å². The van der Waals surface area contributed by atoms with Crippen LogP contribution in [0.3, 0.4) is 0 Å². The lowest BCUT2D eigenvalue weighted by Crippen LogP contribution is -2.15. The van der Waals surface area contributed by atoms with Crippen molar-refractivity contribution in [1.82, 2.24) is 0 Å². The van der Waals surface area contributed by atoms with Crippen molar-refractivity contribution >= 4 is 15.7 Å². The number of benzene rings is 2. The predicted molar refractivity (Wildman–Crippen MR) is 73.1 cm³/mol. The molecule has 0 saturated heterocycles. The molecule has 0 unspecified atom stereocenters. The summed E-state index contributed by atoms with van der Waals surface area (Å²) in [7, 11) is -3.96. The summed E-state index contributed by atoms with van der Waals surface area (Å²) in [5.41, 5.74) is 1.12. The van der Waals surface area contributed by atoms with Gasteiger partial charge in [-0.1, -0.05) is 12.1 Å². The van der Waals surface area contributed by atoms with Crippen LogP contribution in [0.15, 0.2) is 41.3 Å². The third-order valence-electron chi connectivity index (χ3n) is 2.88. The highest BCUT2D eigenvalue weighted by molar-refractivity contribution is 7.92. The van der Waals surface area contributed by atoms with E-state index in [4.69, 9.17) is 0 Å². The molecule has 0 atom stereocenters. The first kappa shape index (κ1) is 14.5. The number of aryl methyl sites for hydroxylation is 2. The molecule has 0 aliphatic heterocycles. The molecule has 1 N–H and O–H groups in total. The molecule has 0 radical (unpaired) electrons. The molecule has 2 rings (SSSR count). The van der Waals surface area contributed by atoms with Crippen molar-refractivity contribution < 1.29 is 17.2 Å². The Hall–Kier alpha value is -1.95. The maximum absolute atomic E-state index is 13.2. The average molecular weight is 297 g/mol. The van der Waals surface area contributed by atoms with E-state index >= 15 is 0 Å². The summed E-state index contributed by atoms with van der Waals surface area (Å²) in [6.45, 7) is 3.21. The van der Waals surface area contributed by atoms with Crippen molar-refractivity contribution in [1.29, 1.82) is 0 Å². The third-order valence-corrected chi connectivity index (χ3v) is 4.39. The second kappa shape index (κ2) is 5.20. The van der Waals surface area contributed by atoms with E-state index in [2.05, 4.69) is 4.72 Å². The second-order valence-electron chi connectivity index (χ2n) is 4.47. The smallest absolute Gasteiger partial charge is 0.262 e. The summed E-state index contributed by atoms with van der Waals surface area (Å²) in [4.78, 5) is -0.166. The first-order chi connectivity index (χ1) is 9.29. The van der Waals surface area contributed by atoms with Crippen LogP contribution >= 0.6 is 0 Å². The number of hydrogen-bond donors (Lipinski definition) is 1. The summed E-state index contributed by atoms with van der Waals surface area (Å²) in [5.74, 6) is -1.20.